The van der Waals surface area contributed by atoms with Crippen LogP contribution in [0.25, 0.3) is 10.8 Å². The van der Waals surface area contributed by atoms with E-state index in [1.807, 2.05) is 6.92 Å². The summed E-state index contributed by atoms with van der Waals surface area (Å²) in [5.74, 6) is 0. The summed E-state index contributed by atoms with van der Waals surface area (Å²) >= 11 is 0. The van der Waals surface area contributed by atoms with E-state index in [1.54, 1.807) is 12.1 Å². The summed E-state index contributed by atoms with van der Waals surface area (Å²) in [4.78, 5) is -0.178. The predicted molar refractivity (Wildman–Crippen MR) is 122 cm³/mol. The molecule has 3 aromatic rings. The van der Waals surface area contributed by atoms with Crippen LogP contribution in [0.3, 0.4) is 0 Å². The first-order chi connectivity index (χ1) is 14.1. The van der Waals surface area contributed by atoms with Gasteiger partial charge in [-0.25, -0.2) is 8.42 Å². The monoisotopic (exact) mass is 423 g/mol. The lowest BCUT2D eigenvalue weighted by Crippen LogP contribution is -2.26. The molecule has 4 nitrogen and oxygen atoms in total. The van der Waals surface area contributed by atoms with Crippen LogP contribution in [-0.2, 0) is 15.5 Å². The fourth-order valence-corrected chi connectivity index (χ4v) is 4.43. The van der Waals surface area contributed by atoms with E-state index in [2.05, 4.69) is 68.7 Å². The first-order valence-corrected chi connectivity index (χ1v) is 11.6. The Bertz CT molecular complexity index is 1210. The van der Waals surface area contributed by atoms with Gasteiger partial charge in [-0.1, -0.05) is 55.0 Å². The average Bonchev–Trinajstić information content (AvgIpc) is 2.89. The molecule has 0 spiro atoms. The summed E-state index contributed by atoms with van der Waals surface area (Å²) in [5, 5.41) is 2.73. The minimum Gasteiger partial charge on any atom is -0.744 e. The number of benzene rings is 3. The molecule has 0 aromatic heterocycles. The molecule has 0 bridgehead atoms. The smallest absolute Gasteiger partial charge is 0.217 e. The van der Waals surface area contributed by atoms with Crippen molar-refractivity contribution >= 4 is 32.3 Å². The summed E-state index contributed by atoms with van der Waals surface area (Å²) in [6.45, 7) is 12.1. The number of hydrogen-bond acceptors (Lipinski definition) is 3. The molecule has 1 heterocycles. The minimum absolute atomic E-state index is 0.147. The Morgan fingerprint density at radius 2 is 1.57 bits per heavy atom. The van der Waals surface area contributed by atoms with Crippen LogP contribution in [0.1, 0.15) is 45.2 Å². The third kappa shape index (κ3) is 4.18. The molecule has 0 N–H and O–H groups in total. The molecule has 4 rings (SSSR count). The van der Waals surface area contributed by atoms with E-state index in [9.17, 15) is 13.0 Å². The van der Waals surface area contributed by atoms with Crippen LogP contribution in [0.2, 0.25) is 0 Å². The second kappa shape index (κ2) is 8.32. The highest BCUT2D eigenvalue weighted by molar-refractivity contribution is 7.85. The van der Waals surface area contributed by atoms with Crippen LogP contribution in [0.4, 0.5) is 5.69 Å². The minimum atomic E-state index is -4.27. The van der Waals surface area contributed by atoms with Crippen molar-refractivity contribution in [2.24, 2.45) is 0 Å². The Hall–Kier alpha value is -2.50. The van der Waals surface area contributed by atoms with Gasteiger partial charge in [0.1, 0.15) is 16.7 Å². The molecule has 0 amide bonds. The van der Waals surface area contributed by atoms with Crippen molar-refractivity contribution in [1.82, 2.24) is 0 Å². The molecule has 1 aliphatic heterocycles. The Labute approximate surface area is 179 Å². The SMILES string of the molecule is CCC[N+]1=C(C)C(C)(C)c2ccc3ccccc3c21.Cc1ccc(S(=O)(=O)[O-])cc1. The lowest BCUT2D eigenvalue weighted by Gasteiger charge is -2.15. The van der Waals surface area contributed by atoms with Crippen LogP contribution < -0.4 is 0 Å². The van der Waals surface area contributed by atoms with Gasteiger partial charge in [0.25, 0.3) is 0 Å². The highest BCUT2D eigenvalue weighted by Crippen LogP contribution is 2.43. The van der Waals surface area contributed by atoms with Crippen molar-refractivity contribution < 1.29 is 17.5 Å². The van der Waals surface area contributed by atoms with Crippen LogP contribution in [-0.4, -0.2) is 29.8 Å². The van der Waals surface area contributed by atoms with E-state index in [0.717, 1.165) is 12.1 Å². The quantitative estimate of drug-likeness (QED) is 0.410. The number of aryl methyl sites for hydroxylation is 1. The maximum Gasteiger partial charge on any atom is 0.217 e. The zero-order valence-electron chi connectivity index (χ0n) is 18.3. The molecule has 0 unspecified atom stereocenters. The molecule has 0 saturated heterocycles. The maximum atomic E-state index is 10.4. The molecule has 158 valence electrons. The molecule has 1 aliphatic rings. The second-order valence-electron chi connectivity index (χ2n) is 8.31. The highest BCUT2D eigenvalue weighted by atomic mass is 32.2. The van der Waals surface area contributed by atoms with Gasteiger partial charge in [0.2, 0.25) is 5.69 Å². The molecule has 0 fully saturated rings. The molecular formula is C25H29NO3S. The van der Waals surface area contributed by atoms with Crippen molar-refractivity contribution in [1.29, 1.82) is 0 Å². The molecule has 5 heteroatoms. The molecule has 30 heavy (non-hydrogen) atoms. The number of fused-ring (bicyclic) bond motifs is 3. The molecule has 0 atom stereocenters. The van der Waals surface area contributed by atoms with Gasteiger partial charge in [-0.15, -0.1) is 0 Å². The van der Waals surface area contributed by atoms with Crippen molar-refractivity contribution in [2.75, 3.05) is 6.54 Å². The topological polar surface area (TPSA) is 60.2 Å². The van der Waals surface area contributed by atoms with Gasteiger partial charge in [-0.2, -0.15) is 4.58 Å². The fourth-order valence-electron chi connectivity index (χ4n) is 3.96. The standard InChI is InChI=1S/C18H22N.C7H8O3S/c1-5-12-19-13(2)18(3,4)16-11-10-14-8-6-7-9-15(14)17(16)19;1-6-2-4-7(5-3-6)11(8,9)10/h6-11H,5,12H2,1-4H3;2-5H,1H3,(H,8,9,10)/q+1;/p-1. The van der Waals surface area contributed by atoms with Crippen LogP contribution >= 0.6 is 0 Å². The van der Waals surface area contributed by atoms with Crippen molar-refractivity contribution in [3.63, 3.8) is 0 Å². The third-order valence-electron chi connectivity index (χ3n) is 5.91. The van der Waals surface area contributed by atoms with Gasteiger partial charge < -0.3 is 4.55 Å². The Morgan fingerprint density at radius 3 is 2.17 bits per heavy atom. The zero-order chi connectivity index (χ0) is 22.1. The van der Waals surface area contributed by atoms with Crippen molar-refractivity contribution in [2.45, 2.75) is 51.3 Å². The molecular weight excluding hydrogens is 394 g/mol. The summed E-state index contributed by atoms with van der Waals surface area (Å²) in [5.41, 5.74) is 5.45. The van der Waals surface area contributed by atoms with E-state index < -0.39 is 10.1 Å². The van der Waals surface area contributed by atoms with E-state index in [4.69, 9.17) is 0 Å². The Morgan fingerprint density at radius 1 is 0.933 bits per heavy atom. The van der Waals surface area contributed by atoms with Gasteiger partial charge >= 0.3 is 0 Å². The largest absolute Gasteiger partial charge is 0.744 e. The number of hydrogen-bond donors (Lipinski definition) is 0. The van der Waals surface area contributed by atoms with E-state index in [1.165, 1.54) is 46.3 Å². The normalized spacial score (nSPS) is 15.0. The average molecular weight is 424 g/mol. The van der Waals surface area contributed by atoms with Crippen molar-refractivity contribution in [3.05, 3.63) is 71.8 Å². The Kier molecular flexibility index (Phi) is 6.16. The molecule has 3 aromatic carbocycles. The highest BCUT2D eigenvalue weighted by Gasteiger charge is 2.43. The van der Waals surface area contributed by atoms with Crippen LogP contribution in [0.15, 0.2) is 65.6 Å². The van der Waals surface area contributed by atoms with Gasteiger partial charge in [0, 0.05) is 18.9 Å². The van der Waals surface area contributed by atoms with E-state index in [-0.39, 0.29) is 10.3 Å². The first kappa shape index (κ1) is 22.2. The van der Waals surface area contributed by atoms with E-state index in [0.29, 0.717) is 0 Å². The summed E-state index contributed by atoms with van der Waals surface area (Å²) in [6, 6.07) is 19.1. The molecule has 0 aliphatic carbocycles. The summed E-state index contributed by atoms with van der Waals surface area (Å²) in [6.07, 6.45) is 1.18. The summed E-state index contributed by atoms with van der Waals surface area (Å²) in [7, 11) is -4.27. The Balaban J connectivity index is 0.000000199. The number of nitrogens with zero attached hydrogens (tertiary/aromatic N) is 1. The third-order valence-corrected chi connectivity index (χ3v) is 6.76. The summed E-state index contributed by atoms with van der Waals surface area (Å²) < 4.78 is 33.7. The van der Waals surface area contributed by atoms with Crippen molar-refractivity contribution in [3.8, 4) is 0 Å². The van der Waals surface area contributed by atoms with Gasteiger partial charge in [0.05, 0.1) is 15.7 Å². The lowest BCUT2D eigenvalue weighted by atomic mass is 9.81. The predicted octanol–water partition coefficient (Wildman–Crippen LogP) is 5.55. The molecule has 0 radical (unpaired) electrons. The number of rotatable bonds is 3. The van der Waals surface area contributed by atoms with Gasteiger partial charge in [0.15, 0.2) is 5.71 Å². The van der Waals surface area contributed by atoms with Crippen LogP contribution in [0.5, 0.6) is 0 Å². The fraction of sp³-hybridized carbons (Fsp3) is 0.320. The zero-order valence-corrected chi connectivity index (χ0v) is 19.1. The van der Waals surface area contributed by atoms with Crippen LogP contribution in [0, 0.1) is 6.92 Å². The first-order valence-electron chi connectivity index (χ1n) is 10.2. The lowest BCUT2D eigenvalue weighted by molar-refractivity contribution is -0.437. The maximum absolute atomic E-state index is 10.4. The van der Waals surface area contributed by atoms with Gasteiger partial charge in [-0.05, 0) is 44.4 Å². The van der Waals surface area contributed by atoms with E-state index >= 15 is 0 Å². The van der Waals surface area contributed by atoms with Gasteiger partial charge in [-0.3, -0.25) is 0 Å². The second-order valence-corrected chi connectivity index (χ2v) is 9.69. The molecule has 0 saturated carbocycles.